The highest BCUT2D eigenvalue weighted by Gasteiger charge is 2.80. The molecular formula is C20H32O6. The normalized spacial score (nSPS) is 56.4. The van der Waals surface area contributed by atoms with Crippen LogP contribution < -0.4 is 0 Å². The number of fused-ring (bicyclic) bond motifs is 3. The largest absolute Gasteiger partial charge is 0.392 e. The number of rotatable bonds is 1. The van der Waals surface area contributed by atoms with Gasteiger partial charge in [-0.25, -0.2) is 0 Å². The van der Waals surface area contributed by atoms with Crippen molar-refractivity contribution in [1.29, 1.82) is 0 Å². The molecule has 8 atom stereocenters. The Morgan fingerprint density at radius 3 is 2.27 bits per heavy atom. The van der Waals surface area contributed by atoms with Crippen LogP contribution >= 0.6 is 0 Å². The Bertz CT molecular complexity index is 646. The fourth-order valence-corrected chi connectivity index (χ4v) is 6.32. The first-order valence-electron chi connectivity index (χ1n) is 9.35. The third-order valence-corrected chi connectivity index (χ3v) is 7.76. The van der Waals surface area contributed by atoms with E-state index in [1.807, 2.05) is 13.8 Å². The molecule has 4 N–H and O–H groups in total. The zero-order chi connectivity index (χ0) is 19.9. The first kappa shape index (κ1) is 20.0. The maximum Gasteiger partial charge on any atom is 0.171 e. The molecule has 0 spiro atoms. The molecule has 0 amide bonds. The Hall–Kier alpha value is -0.790. The Morgan fingerprint density at radius 1 is 1.15 bits per heavy atom. The van der Waals surface area contributed by atoms with E-state index in [9.17, 15) is 25.2 Å². The fraction of sp³-hybridized carbons (Fsp3) is 0.850. The van der Waals surface area contributed by atoms with Gasteiger partial charge in [0.2, 0.25) is 0 Å². The second-order valence-electron chi connectivity index (χ2n) is 9.78. The lowest BCUT2D eigenvalue weighted by atomic mass is 9.40. The number of hydrogen-bond donors (Lipinski definition) is 4. The number of carbonyl (C=O) groups is 1. The first-order chi connectivity index (χ1) is 11.7. The maximum absolute atomic E-state index is 13.3. The van der Waals surface area contributed by atoms with Gasteiger partial charge in [0, 0.05) is 17.8 Å². The summed E-state index contributed by atoms with van der Waals surface area (Å²) in [6.45, 7) is 12.3. The molecular weight excluding hydrogens is 336 g/mol. The summed E-state index contributed by atoms with van der Waals surface area (Å²) in [5, 5.41) is 44.9. The monoisotopic (exact) mass is 368 g/mol. The average Bonchev–Trinajstić information content (AvgIpc) is 2.54. The molecule has 3 fully saturated rings. The van der Waals surface area contributed by atoms with Crippen molar-refractivity contribution in [3.63, 3.8) is 0 Å². The summed E-state index contributed by atoms with van der Waals surface area (Å²) in [5.41, 5.74) is -6.82. The van der Waals surface area contributed by atoms with E-state index in [4.69, 9.17) is 4.74 Å². The Balaban J connectivity index is 2.29. The maximum atomic E-state index is 13.3. The number of Topliss-reactive ketones (excluding diaryl/α,β-unsaturated/α-hetero) is 1. The number of carbonyl (C=O) groups excluding carboxylic acids is 1. The molecule has 1 saturated heterocycles. The van der Waals surface area contributed by atoms with E-state index in [1.54, 1.807) is 13.8 Å². The van der Waals surface area contributed by atoms with Crippen LogP contribution in [0.2, 0.25) is 0 Å². The number of aliphatic hydroxyl groups excluding tert-OH is 3. The SMILES string of the molecule is C=C[C@@]1(C)CC(=O)[C@]2(O)[C@@]3(C)C(O)CCC(C)(C)[C@@H]3C(O)C(O)[C@@]2(C)O1. The number of aliphatic hydroxyl groups is 4. The van der Waals surface area contributed by atoms with Crippen LogP contribution in [-0.4, -0.2) is 61.3 Å². The highest BCUT2D eigenvalue weighted by molar-refractivity contribution is 5.92. The zero-order valence-electron chi connectivity index (χ0n) is 16.3. The van der Waals surface area contributed by atoms with E-state index in [0.29, 0.717) is 12.8 Å². The molecule has 26 heavy (non-hydrogen) atoms. The molecule has 1 aliphatic heterocycles. The second-order valence-corrected chi connectivity index (χ2v) is 9.78. The van der Waals surface area contributed by atoms with Gasteiger partial charge in [-0.3, -0.25) is 4.79 Å². The molecule has 3 rings (SSSR count). The van der Waals surface area contributed by atoms with Gasteiger partial charge in [0.15, 0.2) is 11.4 Å². The smallest absolute Gasteiger partial charge is 0.171 e. The van der Waals surface area contributed by atoms with Gasteiger partial charge in [0.25, 0.3) is 0 Å². The van der Waals surface area contributed by atoms with Crippen LogP contribution in [0, 0.1) is 16.7 Å². The van der Waals surface area contributed by atoms with Crippen LogP contribution in [0.1, 0.15) is 53.9 Å². The van der Waals surface area contributed by atoms with Crippen LogP contribution in [0.5, 0.6) is 0 Å². The van der Waals surface area contributed by atoms with Crippen molar-refractivity contribution < 1.29 is 30.0 Å². The molecule has 148 valence electrons. The summed E-state index contributed by atoms with van der Waals surface area (Å²) >= 11 is 0. The van der Waals surface area contributed by atoms with Gasteiger partial charge in [-0.1, -0.05) is 26.8 Å². The van der Waals surface area contributed by atoms with Gasteiger partial charge < -0.3 is 25.2 Å². The van der Waals surface area contributed by atoms with Crippen molar-refractivity contribution in [3.05, 3.63) is 12.7 Å². The molecule has 0 aromatic heterocycles. The van der Waals surface area contributed by atoms with E-state index < -0.39 is 57.6 Å². The molecule has 0 radical (unpaired) electrons. The van der Waals surface area contributed by atoms with Crippen molar-refractivity contribution in [3.8, 4) is 0 Å². The van der Waals surface area contributed by atoms with Crippen LogP contribution in [0.4, 0.5) is 0 Å². The minimum atomic E-state index is -2.14. The Morgan fingerprint density at radius 2 is 1.73 bits per heavy atom. The molecule has 1 heterocycles. The lowest BCUT2D eigenvalue weighted by Crippen LogP contribution is -2.86. The van der Waals surface area contributed by atoms with E-state index >= 15 is 0 Å². The van der Waals surface area contributed by atoms with Gasteiger partial charge in [-0.05, 0) is 32.1 Å². The number of hydrogen-bond acceptors (Lipinski definition) is 6. The fourth-order valence-electron chi connectivity index (χ4n) is 6.32. The van der Waals surface area contributed by atoms with Crippen molar-refractivity contribution in [2.45, 2.75) is 89.0 Å². The zero-order valence-corrected chi connectivity index (χ0v) is 16.3. The second kappa shape index (κ2) is 5.39. The summed E-state index contributed by atoms with van der Waals surface area (Å²) in [6, 6.07) is 0. The summed E-state index contributed by atoms with van der Waals surface area (Å²) < 4.78 is 6.09. The van der Waals surface area contributed by atoms with Crippen LogP contribution in [-0.2, 0) is 9.53 Å². The van der Waals surface area contributed by atoms with Gasteiger partial charge >= 0.3 is 0 Å². The minimum absolute atomic E-state index is 0.110. The summed E-state index contributed by atoms with van der Waals surface area (Å²) in [7, 11) is 0. The molecule has 0 aromatic rings. The molecule has 6 heteroatoms. The van der Waals surface area contributed by atoms with Gasteiger partial charge in [-0.2, -0.15) is 0 Å². The van der Waals surface area contributed by atoms with Crippen LogP contribution in [0.15, 0.2) is 12.7 Å². The number of ketones is 1. The predicted molar refractivity (Wildman–Crippen MR) is 95.3 cm³/mol. The van der Waals surface area contributed by atoms with Crippen molar-refractivity contribution >= 4 is 5.78 Å². The lowest BCUT2D eigenvalue weighted by Gasteiger charge is -2.71. The molecule has 2 aliphatic carbocycles. The van der Waals surface area contributed by atoms with Gasteiger partial charge in [-0.15, -0.1) is 6.58 Å². The molecule has 3 unspecified atom stereocenters. The highest BCUT2D eigenvalue weighted by Crippen LogP contribution is 2.66. The molecule has 6 nitrogen and oxygen atoms in total. The predicted octanol–water partition coefficient (Wildman–Crippen LogP) is 0.949. The summed E-state index contributed by atoms with van der Waals surface area (Å²) in [6.07, 6.45) is -1.37. The van der Waals surface area contributed by atoms with Crippen molar-refractivity contribution in [2.75, 3.05) is 0 Å². The van der Waals surface area contributed by atoms with Crippen LogP contribution in [0.25, 0.3) is 0 Å². The molecule has 2 saturated carbocycles. The third-order valence-electron chi connectivity index (χ3n) is 7.76. The standard InChI is InChI=1S/C20H32O6/c1-7-17(4)10-12(22)20(25)18(5)11(21)8-9-16(2,3)14(18)13(23)15(24)19(20,6)26-17/h7,11,13-15,21,23-25H,1,8-10H2,2-6H3/t11?,13?,14-,15?,17-,18-,19+,20-/m0/s1. The van der Waals surface area contributed by atoms with Crippen molar-refractivity contribution in [2.24, 2.45) is 16.7 Å². The molecule has 0 aromatic carbocycles. The highest BCUT2D eigenvalue weighted by atomic mass is 16.6. The van der Waals surface area contributed by atoms with E-state index in [1.165, 1.54) is 13.0 Å². The van der Waals surface area contributed by atoms with E-state index in [2.05, 4.69) is 6.58 Å². The Kier molecular flexibility index (Phi) is 4.13. The Labute approximate surface area is 154 Å². The third kappa shape index (κ3) is 2.02. The van der Waals surface area contributed by atoms with Gasteiger partial charge in [0.05, 0.1) is 17.8 Å². The summed E-state index contributed by atoms with van der Waals surface area (Å²) in [4.78, 5) is 13.3. The van der Waals surface area contributed by atoms with Crippen LogP contribution in [0.3, 0.4) is 0 Å². The molecule has 3 aliphatic rings. The topological polar surface area (TPSA) is 107 Å². The number of ether oxygens (including phenoxy) is 1. The quantitative estimate of drug-likeness (QED) is 0.514. The van der Waals surface area contributed by atoms with Crippen molar-refractivity contribution in [1.82, 2.24) is 0 Å². The van der Waals surface area contributed by atoms with E-state index in [-0.39, 0.29) is 6.42 Å². The van der Waals surface area contributed by atoms with E-state index in [0.717, 1.165) is 0 Å². The van der Waals surface area contributed by atoms with Gasteiger partial charge in [0.1, 0.15) is 11.7 Å². The first-order valence-corrected chi connectivity index (χ1v) is 9.35. The minimum Gasteiger partial charge on any atom is -0.392 e. The lowest BCUT2D eigenvalue weighted by molar-refractivity contribution is -0.370. The molecule has 0 bridgehead atoms. The average molecular weight is 368 g/mol. The summed E-state index contributed by atoms with van der Waals surface area (Å²) in [5.74, 6) is -1.17.